The molecule has 2 N–H and O–H groups in total. The van der Waals surface area contributed by atoms with E-state index in [0.29, 0.717) is 6.54 Å². The van der Waals surface area contributed by atoms with Crippen molar-refractivity contribution in [2.24, 2.45) is 0 Å². The van der Waals surface area contributed by atoms with Crippen LogP contribution in [-0.2, 0) is 11.3 Å². The average molecular weight is 298 g/mol. The molecule has 0 spiro atoms. The Morgan fingerprint density at radius 1 is 1.36 bits per heavy atom. The first kappa shape index (κ1) is 14.8. The molecular formula is C17H22N4O. The fourth-order valence-corrected chi connectivity index (χ4v) is 2.80. The van der Waals surface area contributed by atoms with Crippen LogP contribution < -0.4 is 10.6 Å². The summed E-state index contributed by atoms with van der Waals surface area (Å²) in [6.07, 6.45) is 6.67. The number of amides is 1. The maximum absolute atomic E-state index is 12.4. The van der Waals surface area contributed by atoms with E-state index < -0.39 is 5.54 Å². The topological polar surface area (TPSA) is 59.0 Å². The molecule has 1 fully saturated rings. The van der Waals surface area contributed by atoms with Gasteiger partial charge in [-0.1, -0.05) is 30.3 Å². The molecular weight excluding hydrogens is 276 g/mol. The van der Waals surface area contributed by atoms with Crippen LogP contribution in [0.2, 0.25) is 0 Å². The molecule has 0 radical (unpaired) electrons. The van der Waals surface area contributed by atoms with Gasteiger partial charge in [-0.15, -0.1) is 0 Å². The minimum atomic E-state index is -0.472. The molecule has 2 heterocycles. The van der Waals surface area contributed by atoms with Crippen molar-refractivity contribution in [2.45, 2.75) is 38.3 Å². The molecule has 1 aromatic heterocycles. The van der Waals surface area contributed by atoms with E-state index in [-0.39, 0.29) is 5.91 Å². The summed E-state index contributed by atoms with van der Waals surface area (Å²) in [5.74, 6) is 0.0199. The molecule has 22 heavy (non-hydrogen) atoms. The highest BCUT2D eigenvalue weighted by Gasteiger charge is 2.34. The van der Waals surface area contributed by atoms with Gasteiger partial charge in [0.25, 0.3) is 0 Å². The van der Waals surface area contributed by atoms with Crippen LogP contribution in [0.15, 0.2) is 42.7 Å². The van der Waals surface area contributed by atoms with Crippen molar-refractivity contribution >= 4 is 11.6 Å². The molecule has 1 unspecified atom stereocenters. The molecule has 5 heteroatoms. The Balaban J connectivity index is 1.63. The van der Waals surface area contributed by atoms with E-state index in [9.17, 15) is 4.79 Å². The Morgan fingerprint density at radius 2 is 2.18 bits per heavy atom. The molecule has 0 bridgehead atoms. The summed E-state index contributed by atoms with van der Waals surface area (Å²) in [6, 6.07) is 10.1. The number of anilines is 1. The van der Waals surface area contributed by atoms with Gasteiger partial charge in [0.1, 0.15) is 0 Å². The van der Waals surface area contributed by atoms with Crippen molar-refractivity contribution in [2.75, 3.05) is 11.9 Å². The molecule has 1 aromatic carbocycles. The molecule has 1 aliphatic heterocycles. The number of benzene rings is 1. The van der Waals surface area contributed by atoms with Crippen molar-refractivity contribution in [3.63, 3.8) is 0 Å². The minimum absolute atomic E-state index is 0.0199. The third kappa shape index (κ3) is 3.36. The SMILES string of the molecule is CC1(C(=O)Nc2cnn(Cc3ccccc3)c2)CCCCN1. The van der Waals surface area contributed by atoms with Crippen LogP contribution >= 0.6 is 0 Å². The molecule has 0 aliphatic carbocycles. The molecule has 1 aliphatic rings. The quantitative estimate of drug-likeness (QED) is 0.911. The Labute approximate surface area is 130 Å². The second kappa shape index (κ2) is 6.32. The van der Waals surface area contributed by atoms with Gasteiger partial charge in [-0.3, -0.25) is 9.48 Å². The van der Waals surface area contributed by atoms with Crippen LogP contribution in [0.25, 0.3) is 0 Å². The fraction of sp³-hybridized carbons (Fsp3) is 0.412. The molecule has 1 saturated heterocycles. The van der Waals surface area contributed by atoms with E-state index in [1.807, 2.05) is 36.0 Å². The van der Waals surface area contributed by atoms with E-state index in [4.69, 9.17) is 0 Å². The van der Waals surface area contributed by atoms with Crippen molar-refractivity contribution in [1.29, 1.82) is 0 Å². The van der Waals surface area contributed by atoms with Gasteiger partial charge in [0.2, 0.25) is 5.91 Å². The smallest absolute Gasteiger partial charge is 0.244 e. The summed E-state index contributed by atoms with van der Waals surface area (Å²) >= 11 is 0. The van der Waals surface area contributed by atoms with Crippen LogP contribution in [0.1, 0.15) is 31.7 Å². The third-order valence-electron chi connectivity index (χ3n) is 4.20. The van der Waals surface area contributed by atoms with Crippen molar-refractivity contribution in [3.05, 3.63) is 48.3 Å². The normalized spacial score (nSPS) is 21.5. The Kier molecular flexibility index (Phi) is 4.24. The average Bonchev–Trinajstić information content (AvgIpc) is 2.96. The number of aromatic nitrogens is 2. The second-order valence-electron chi connectivity index (χ2n) is 6.08. The van der Waals surface area contributed by atoms with Crippen molar-refractivity contribution in [3.8, 4) is 0 Å². The van der Waals surface area contributed by atoms with E-state index in [1.165, 1.54) is 5.56 Å². The Hall–Kier alpha value is -2.14. The van der Waals surface area contributed by atoms with Gasteiger partial charge in [-0.2, -0.15) is 5.10 Å². The number of nitrogens with zero attached hydrogens (tertiary/aromatic N) is 2. The first-order valence-corrected chi connectivity index (χ1v) is 7.79. The van der Waals surface area contributed by atoms with Gasteiger partial charge in [-0.25, -0.2) is 0 Å². The van der Waals surface area contributed by atoms with Gasteiger partial charge in [0.15, 0.2) is 0 Å². The van der Waals surface area contributed by atoms with E-state index in [0.717, 1.165) is 31.5 Å². The molecule has 116 valence electrons. The summed E-state index contributed by atoms with van der Waals surface area (Å²) in [7, 11) is 0. The number of carbonyl (C=O) groups excluding carboxylic acids is 1. The number of piperidine rings is 1. The van der Waals surface area contributed by atoms with E-state index in [2.05, 4.69) is 27.9 Å². The lowest BCUT2D eigenvalue weighted by atomic mass is 9.90. The lowest BCUT2D eigenvalue weighted by Gasteiger charge is -2.33. The van der Waals surface area contributed by atoms with Crippen LogP contribution in [0.4, 0.5) is 5.69 Å². The number of nitrogens with one attached hydrogen (secondary N) is 2. The summed E-state index contributed by atoms with van der Waals surface area (Å²) in [5, 5.41) is 10.6. The zero-order valence-electron chi connectivity index (χ0n) is 12.9. The second-order valence-corrected chi connectivity index (χ2v) is 6.08. The Bertz CT molecular complexity index is 629. The highest BCUT2D eigenvalue weighted by Crippen LogP contribution is 2.20. The highest BCUT2D eigenvalue weighted by molar-refractivity contribution is 5.97. The molecule has 5 nitrogen and oxygen atoms in total. The first-order valence-electron chi connectivity index (χ1n) is 7.79. The predicted octanol–water partition coefficient (Wildman–Crippen LogP) is 2.40. The fourth-order valence-electron chi connectivity index (χ4n) is 2.80. The molecule has 1 atom stereocenters. The third-order valence-corrected chi connectivity index (χ3v) is 4.20. The van der Waals surface area contributed by atoms with E-state index >= 15 is 0 Å². The van der Waals surface area contributed by atoms with Gasteiger partial charge in [-0.05, 0) is 38.3 Å². The summed E-state index contributed by atoms with van der Waals surface area (Å²) in [4.78, 5) is 12.4. The molecule has 0 saturated carbocycles. The van der Waals surface area contributed by atoms with Crippen molar-refractivity contribution < 1.29 is 4.79 Å². The lowest BCUT2D eigenvalue weighted by Crippen LogP contribution is -2.54. The van der Waals surface area contributed by atoms with Crippen LogP contribution in [0.5, 0.6) is 0 Å². The van der Waals surface area contributed by atoms with Gasteiger partial charge in [0.05, 0.1) is 24.0 Å². The lowest BCUT2D eigenvalue weighted by molar-refractivity contribution is -0.122. The highest BCUT2D eigenvalue weighted by atomic mass is 16.2. The van der Waals surface area contributed by atoms with Crippen LogP contribution in [-0.4, -0.2) is 27.8 Å². The number of hydrogen-bond acceptors (Lipinski definition) is 3. The predicted molar refractivity (Wildman–Crippen MR) is 86.7 cm³/mol. The summed E-state index contributed by atoms with van der Waals surface area (Å²) in [5.41, 5.74) is 1.46. The monoisotopic (exact) mass is 298 g/mol. The maximum atomic E-state index is 12.4. The van der Waals surface area contributed by atoms with Gasteiger partial charge < -0.3 is 10.6 Å². The largest absolute Gasteiger partial charge is 0.322 e. The summed E-state index contributed by atoms with van der Waals surface area (Å²) in [6.45, 7) is 3.57. The zero-order chi connectivity index (χ0) is 15.4. The number of rotatable bonds is 4. The zero-order valence-corrected chi connectivity index (χ0v) is 12.9. The van der Waals surface area contributed by atoms with Gasteiger partial charge in [0, 0.05) is 6.20 Å². The minimum Gasteiger partial charge on any atom is -0.322 e. The Morgan fingerprint density at radius 3 is 2.91 bits per heavy atom. The van der Waals surface area contributed by atoms with Crippen molar-refractivity contribution in [1.82, 2.24) is 15.1 Å². The number of carbonyl (C=O) groups is 1. The van der Waals surface area contributed by atoms with Crippen LogP contribution in [0, 0.1) is 0 Å². The number of hydrogen-bond donors (Lipinski definition) is 2. The molecule has 2 aromatic rings. The maximum Gasteiger partial charge on any atom is 0.244 e. The van der Waals surface area contributed by atoms with Gasteiger partial charge >= 0.3 is 0 Å². The summed E-state index contributed by atoms with van der Waals surface area (Å²) < 4.78 is 1.83. The van der Waals surface area contributed by atoms with Crippen LogP contribution in [0.3, 0.4) is 0 Å². The standard InChI is InChI=1S/C17H22N4O/c1-17(9-5-6-10-18-17)16(22)20-15-11-19-21(13-15)12-14-7-3-2-4-8-14/h2-4,7-8,11,13,18H,5-6,9-10,12H2,1H3,(H,20,22). The molecule has 1 amide bonds. The molecule has 3 rings (SSSR count). The first-order chi connectivity index (χ1) is 10.7. The van der Waals surface area contributed by atoms with E-state index in [1.54, 1.807) is 6.20 Å².